The molecule has 1 aliphatic heterocycles. The third-order valence-electron chi connectivity index (χ3n) is 15.8. The summed E-state index contributed by atoms with van der Waals surface area (Å²) in [6, 6.07) is 66.5. The summed E-state index contributed by atoms with van der Waals surface area (Å²) in [4.78, 5) is 2.52. The van der Waals surface area contributed by atoms with Crippen LogP contribution in [0.15, 0.2) is 212 Å². The zero-order valence-corrected chi connectivity index (χ0v) is 44.1. The van der Waals surface area contributed by atoms with Crippen molar-refractivity contribution in [2.24, 2.45) is 0 Å². The summed E-state index contributed by atoms with van der Waals surface area (Å²) in [5.41, 5.74) is 23.5. The first-order valence-corrected chi connectivity index (χ1v) is 26.6. The van der Waals surface area contributed by atoms with Crippen molar-refractivity contribution in [3.05, 3.63) is 240 Å². The van der Waals surface area contributed by atoms with Crippen molar-refractivity contribution in [2.45, 2.75) is 105 Å². The van der Waals surface area contributed by atoms with E-state index in [4.69, 9.17) is 0 Å². The minimum atomic E-state index is -0.0101. The van der Waals surface area contributed by atoms with Crippen molar-refractivity contribution in [3.8, 4) is 44.5 Å². The maximum absolute atomic E-state index is 2.63. The average Bonchev–Trinajstić information content (AvgIpc) is 4.10. The number of anilines is 2. The van der Waals surface area contributed by atoms with Gasteiger partial charge in [-0.3, -0.25) is 0 Å². The van der Waals surface area contributed by atoms with Crippen LogP contribution in [0.25, 0.3) is 66.3 Å². The first-order valence-electron chi connectivity index (χ1n) is 26.6. The normalized spacial score (nSPS) is 16.5. The SMILES string of the molecule is C/C=C\C.CC.CC1(C)c2ccccc2-c2cc(-c3ccc(N(C4=CC=CC5c6cccc7c8ccccc8n(c67)C45)c4ccc(-c5ccc6c(c5)-c5ccccc5C6(C)C)cc4)cc3)ccc21.CCCC. The van der Waals surface area contributed by atoms with Gasteiger partial charge in [0.05, 0.1) is 11.6 Å². The molecular weight excluding hydrogens is 869 g/mol. The van der Waals surface area contributed by atoms with E-state index in [0.29, 0.717) is 0 Å². The highest BCUT2D eigenvalue weighted by molar-refractivity contribution is 6.10. The lowest BCUT2D eigenvalue weighted by Crippen LogP contribution is -2.27. The summed E-state index contributed by atoms with van der Waals surface area (Å²) >= 11 is 0. The third-order valence-corrected chi connectivity index (χ3v) is 15.8. The smallest absolute Gasteiger partial charge is 0.0850 e. The van der Waals surface area contributed by atoms with Crippen molar-refractivity contribution < 1.29 is 0 Å². The van der Waals surface area contributed by atoms with E-state index in [-0.39, 0.29) is 22.8 Å². The minimum absolute atomic E-state index is 0.0101. The van der Waals surface area contributed by atoms with E-state index in [1.807, 2.05) is 39.8 Å². The fourth-order valence-electron chi connectivity index (χ4n) is 11.9. The van der Waals surface area contributed by atoms with Gasteiger partial charge >= 0.3 is 0 Å². The van der Waals surface area contributed by atoms with Crippen LogP contribution in [0, 0.1) is 0 Å². The number of rotatable bonds is 6. The molecule has 2 nitrogen and oxygen atoms in total. The lowest BCUT2D eigenvalue weighted by Gasteiger charge is -2.36. The molecule has 8 aromatic carbocycles. The molecular formula is C70H70N2. The van der Waals surface area contributed by atoms with Gasteiger partial charge in [0.25, 0.3) is 0 Å². The van der Waals surface area contributed by atoms with Crippen LogP contribution < -0.4 is 4.90 Å². The zero-order valence-electron chi connectivity index (χ0n) is 44.1. The lowest BCUT2D eigenvalue weighted by molar-refractivity contribution is 0.572. The van der Waals surface area contributed by atoms with E-state index < -0.39 is 0 Å². The summed E-state index contributed by atoms with van der Waals surface area (Å²) in [6.45, 7) is 21.8. The number of nitrogens with zero attached hydrogens (tertiary/aromatic N) is 2. The molecule has 0 radical (unpaired) electrons. The Bertz CT molecular complexity index is 3380. The van der Waals surface area contributed by atoms with E-state index in [1.165, 1.54) is 113 Å². The molecule has 72 heavy (non-hydrogen) atoms. The molecule has 0 spiro atoms. The molecule has 1 aromatic heterocycles. The van der Waals surface area contributed by atoms with E-state index >= 15 is 0 Å². The Morgan fingerprint density at radius 2 is 0.944 bits per heavy atom. The van der Waals surface area contributed by atoms with Gasteiger partial charge in [0.15, 0.2) is 0 Å². The van der Waals surface area contributed by atoms with E-state index in [9.17, 15) is 0 Å². The molecule has 2 unspecified atom stereocenters. The van der Waals surface area contributed by atoms with Gasteiger partial charge in [-0.15, -0.1) is 0 Å². The second kappa shape index (κ2) is 19.6. The molecule has 0 bridgehead atoms. The molecule has 13 rings (SSSR count). The second-order valence-electron chi connectivity index (χ2n) is 20.5. The Morgan fingerprint density at radius 1 is 0.486 bits per heavy atom. The van der Waals surface area contributed by atoms with Gasteiger partial charge in [-0.05, 0) is 135 Å². The number of fused-ring (bicyclic) bond motifs is 12. The molecule has 9 aromatic rings. The molecule has 0 saturated carbocycles. The van der Waals surface area contributed by atoms with Gasteiger partial charge in [-0.1, -0.05) is 226 Å². The van der Waals surface area contributed by atoms with Crippen molar-refractivity contribution in [1.29, 1.82) is 0 Å². The molecule has 0 fully saturated rings. The van der Waals surface area contributed by atoms with Gasteiger partial charge in [0.2, 0.25) is 0 Å². The van der Waals surface area contributed by atoms with Crippen molar-refractivity contribution in [2.75, 3.05) is 4.90 Å². The largest absolute Gasteiger partial charge is 0.330 e. The highest BCUT2D eigenvalue weighted by Gasteiger charge is 2.41. The molecule has 2 heteroatoms. The Labute approximate surface area is 429 Å². The van der Waals surface area contributed by atoms with Crippen LogP contribution in [-0.2, 0) is 10.8 Å². The first kappa shape index (κ1) is 48.2. The van der Waals surface area contributed by atoms with Gasteiger partial charge in [0, 0.05) is 50.1 Å². The molecule has 4 aliphatic rings. The minimum Gasteiger partial charge on any atom is -0.330 e. The summed E-state index contributed by atoms with van der Waals surface area (Å²) in [6.07, 6.45) is 13.7. The van der Waals surface area contributed by atoms with E-state index in [1.54, 1.807) is 0 Å². The number of hydrogen-bond acceptors (Lipinski definition) is 1. The lowest BCUT2D eigenvalue weighted by atomic mass is 9.82. The van der Waals surface area contributed by atoms with Gasteiger partial charge in [0.1, 0.15) is 0 Å². The van der Waals surface area contributed by atoms with Crippen LogP contribution in [0.2, 0.25) is 0 Å². The highest BCUT2D eigenvalue weighted by Crippen LogP contribution is 2.55. The van der Waals surface area contributed by atoms with E-state index in [2.05, 4.69) is 245 Å². The Morgan fingerprint density at radius 3 is 1.46 bits per heavy atom. The Hall–Kier alpha value is -7.42. The number of aromatic nitrogens is 1. The fraction of sp³-hybridized carbons (Fsp3) is 0.229. The van der Waals surface area contributed by atoms with Crippen LogP contribution in [0.4, 0.5) is 11.4 Å². The van der Waals surface area contributed by atoms with Crippen molar-refractivity contribution in [1.82, 2.24) is 4.57 Å². The topological polar surface area (TPSA) is 8.17 Å². The molecule has 3 aliphatic carbocycles. The summed E-state index contributed by atoms with van der Waals surface area (Å²) in [7, 11) is 0. The predicted molar refractivity (Wildman–Crippen MR) is 312 cm³/mol. The maximum atomic E-state index is 2.63. The molecule has 0 saturated heterocycles. The zero-order chi connectivity index (χ0) is 50.3. The summed E-state index contributed by atoms with van der Waals surface area (Å²) in [5.74, 6) is 0.233. The number of para-hydroxylation sites is 2. The molecule has 2 heterocycles. The standard InChI is InChI=1S/C60H46N2.C4H10.C4H8.C2H6/c1-59(2)51-19-8-5-13-43(51)49-35-39(27-33-53(49)59)37-23-29-41(30-24-37)61(56-22-12-18-48-47-17-11-16-46-45-15-7-10-21-55(45)62(57(46)47)58(48)56)42-31-25-38(26-32-42)40-28-34-54-50(36-40)44-14-6-9-20-52(44)60(54,3)4;2*1-3-4-2;1-2/h5-36,48,58H,1-4H3;3-4H2,1-2H3;3-4H,1-2H3;1-2H3/b;;4-3-;. The van der Waals surface area contributed by atoms with Crippen molar-refractivity contribution in [3.63, 3.8) is 0 Å². The third kappa shape index (κ3) is 7.88. The molecule has 0 N–H and O–H groups in total. The van der Waals surface area contributed by atoms with Crippen LogP contribution in [-0.4, -0.2) is 4.57 Å². The van der Waals surface area contributed by atoms with Crippen LogP contribution in [0.3, 0.4) is 0 Å². The number of hydrogen-bond donors (Lipinski definition) is 0. The first-order chi connectivity index (χ1) is 35.1. The summed E-state index contributed by atoms with van der Waals surface area (Å²) < 4.78 is 2.63. The van der Waals surface area contributed by atoms with Gasteiger partial charge in [-0.25, -0.2) is 0 Å². The molecule has 360 valence electrons. The van der Waals surface area contributed by atoms with Crippen LogP contribution >= 0.6 is 0 Å². The maximum Gasteiger partial charge on any atom is 0.0850 e. The Kier molecular flexibility index (Phi) is 13.2. The average molecular weight is 939 g/mol. The number of unbranched alkanes of at least 4 members (excludes halogenated alkanes) is 1. The monoisotopic (exact) mass is 939 g/mol. The van der Waals surface area contributed by atoms with Crippen LogP contribution in [0.1, 0.15) is 122 Å². The second-order valence-corrected chi connectivity index (χ2v) is 20.5. The molecule has 0 amide bonds. The van der Waals surface area contributed by atoms with E-state index in [0.717, 1.165) is 11.4 Å². The molecule has 2 atom stereocenters. The quantitative estimate of drug-likeness (QED) is 0.151. The van der Waals surface area contributed by atoms with Crippen LogP contribution in [0.5, 0.6) is 0 Å². The Balaban J connectivity index is 0.000000552. The fourth-order valence-corrected chi connectivity index (χ4v) is 11.9. The highest BCUT2D eigenvalue weighted by atomic mass is 15.2. The number of benzene rings is 8. The number of allylic oxidation sites excluding steroid dienone is 6. The van der Waals surface area contributed by atoms with Gasteiger partial charge < -0.3 is 9.47 Å². The summed E-state index contributed by atoms with van der Waals surface area (Å²) in [5, 5.41) is 2.65. The predicted octanol–water partition coefficient (Wildman–Crippen LogP) is 20.1. The van der Waals surface area contributed by atoms with Gasteiger partial charge in [-0.2, -0.15) is 0 Å². The van der Waals surface area contributed by atoms with Crippen molar-refractivity contribution >= 4 is 33.2 Å².